The van der Waals surface area contributed by atoms with Crippen molar-refractivity contribution in [3.8, 4) is 11.8 Å². The molecule has 0 saturated heterocycles. The van der Waals surface area contributed by atoms with Crippen LogP contribution < -0.4 is 5.73 Å². The smallest absolute Gasteiger partial charge is 0.333 e. The first-order valence-corrected chi connectivity index (χ1v) is 17.5. The van der Waals surface area contributed by atoms with Gasteiger partial charge in [0.25, 0.3) is 0 Å². The molecule has 3 saturated carbocycles. The summed E-state index contributed by atoms with van der Waals surface area (Å²) < 4.78 is 12.9. The Morgan fingerprint density at radius 1 is 1.21 bits per heavy atom. The van der Waals surface area contributed by atoms with E-state index in [1.165, 1.54) is 12.7 Å². The highest BCUT2D eigenvalue weighted by Gasteiger charge is 2.70. The van der Waals surface area contributed by atoms with E-state index in [4.69, 9.17) is 20.3 Å². The zero-order valence-corrected chi connectivity index (χ0v) is 28.4. The first kappa shape index (κ1) is 34.1. The molecule has 12 heteroatoms. The second-order valence-corrected chi connectivity index (χ2v) is 15.1. The topological polar surface area (TPSA) is 175 Å². The summed E-state index contributed by atoms with van der Waals surface area (Å²) in [7, 11) is 1.40. The van der Waals surface area contributed by atoms with Crippen LogP contribution in [0.2, 0.25) is 0 Å². The molecule has 254 valence electrons. The van der Waals surface area contributed by atoms with E-state index in [1.807, 2.05) is 29.9 Å². The number of amides is 1. The summed E-state index contributed by atoms with van der Waals surface area (Å²) in [5.74, 6) is -1.29. The normalized spacial score (nSPS) is 31.7. The number of carbonyl (C=O) groups is 4. The lowest BCUT2D eigenvalue weighted by Gasteiger charge is -2.60. The summed E-state index contributed by atoms with van der Waals surface area (Å²) >= 11 is 0.878. The number of thioether (sulfide) groups is 1. The highest BCUT2D eigenvalue weighted by molar-refractivity contribution is 8.14. The summed E-state index contributed by atoms with van der Waals surface area (Å²) in [5.41, 5.74) is 7.10. The van der Waals surface area contributed by atoms with Crippen LogP contribution in [-0.4, -0.2) is 68.8 Å². The van der Waals surface area contributed by atoms with Gasteiger partial charge in [-0.15, -0.1) is 0 Å². The molecule has 1 aromatic carbocycles. The summed E-state index contributed by atoms with van der Waals surface area (Å²) in [6.45, 7) is 3.93. The van der Waals surface area contributed by atoms with Gasteiger partial charge in [0.1, 0.15) is 6.61 Å². The monoisotopic (exact) mass is 674 g/mol. The number of primary amides is 1. The molecule has 2 aromatic rings. The number of ether oxygens (including phenoxy) is 2. The fourth-order valence-electron chi connectivity index (χ4n) is 9.67. The van der Waals surface area contributed by atoms with Gasteiger partial charge >= 0.3 is 5.97 Å². The largest absolute Gasteiger partial charge is 0.448 e. The van der Waals surface area contributed by atoms with Crippen LogP contribution >= 0.6 is 11.8 Å². The van der Waals surface area contributed by atoms with Gasteiger partial charge in [0.2, 0.25) is 11.0 Å². The van der Waals surface area contributed by atoms with Crippen LogP contribution in [-0.2, 0) is 30.3 Å². The van der Waals surface area contributed by atoms with Crippen LogP contribution in [0.1, 0.15) is 80.4 Å². The molecule has 3 fully saturated rings. The number of aromatic nitrogens is 2. The van der Waals surface area contributed by atoms with Crippen LogP contribution in [0.15, 0.2) is 36.0 Å². The Bertz CT molecular complexity index is 1730. The number of ketones is 1. The van der Waals surface area contributed by atoms with Crippen molar-refractivity contribution in [3.05, 3.63) is 52.9 Å². The summed E-state index contributed by atoms with van der Waals surface area (Å²) in [5, 5.41) is 25.7. The van der Waals surface area contributed by atoms with E-state index in [-0.39, 0.29) is 59.3 Å². The summed E-state index contributed by atoms with van der Waals surface area (Å²) in [4.78, 5) is 50.6. The van der Waals surface area contributed by atoms with Crippen LogP contribution in [0.4, 0.5) is 0 Å². The predicted octanol–water partition coefficient (Wildman–Crippen LogP) is 4.19. The van der Waals surface area contributed by atoms with Gasteiger partial charge in [-0.05, 0) is 85.5 Å². The standard InChI is InChI=1S/C36H42N4O7S/c1-34-17-22-19-39-40(24-6-4-5-21(15-24)28(41)9-10-30(38)43)27(22)16-23(34)7-8-25-26-11-12-36(33(45)48-14-13-37,47-31(44)20-46-3)35(26,2)18-29(42)32(25)34/h4-6,15-16,19,25-26,29,32,42H,7-12,14,17-18,20H2,1-3H3,(H2,38,43)/t25-,26-,29-,32+,34-,35-,36-/m0/s1. The summed E-state index contributed by atoms with van der Waals surface area (Å²) in [6, 6.07) is 9.23. The Kier molecular flexibility index (Phi) is 9.17. The Morgan fingerprint density at radius 3 is 2.73 bits per heavy atom. The zero-order valence-electron chi connectivity index (χ0n) is 27.6. The first-order chi connectivity index (χ1) is 22.9. The van der Waals surface area contributed by atoms with E-state index in [9.17, 15) is 29.5 Å². The quantitative estimate of drug-likeness (QED) is 0.275. The lowest BCUT2D eigenvalue weighted by atomic mass is 9.45. The second-order valence-electron chi connectivity index (χ2n) is 14.2. The molecule has 0 unspecified atom stereocenters. The fourth-order valence-corrected chi connectivity index (χ4v) is 10.5. The van der Waals surface area contributed by atoms with Crippen molar-refractivity contribution in [1.82, 2.24) is 9.78 Å². The number of hydrogen-bond acceptors (Lipinski definition) is 10. The van der Waals surface area contributed by atoms with Crippen molar-refractivity contribution < 1.29 is 33.8 Å². The summed E-state index contributed by atoms with van der Waals surface area (Å²) in [6.07, 6.45) is 6.96. The van der Waals surface area contributed by atoms with Crippen molar-refractivity contribution in [1.29, 1.82) is 5.26 Å². The maximum Gasteiger partial charge on any atom is 0.333 e. The van der Waals surface area contributed by atoms with Crippen LogP contribution in [0.25, 0.3) is 11.8 Å². The van der Waals surface area contributed by atoms with Crippen LogP contribution in [0.5, 0.6) is 0 Å². The number of carbonyl (C=O) groups excluding carboxylic acids is 4. The Balaban J connectivity index is 1.30. The highest BCUT2D eigenvalue weighted by Crippen LogP contribution is 2.68. The van der Waals surface area contributed by atoms with Gasteiger partial charge in [-0.1, -0.05) is 43.3 Å². The van der Waals surface area contributed by atoms with Gasteiger partial charge in [0, 0.05) is 30.9 Å². The molecule has 0 aliphatic heterocycles. The third kappa shape index (κ3) is 5.50. The maximum atomic E-state index is 13.8. The SMILES string of the molecule is COCC(=O)O[C@]1(C(=O)SCC#N)CC[C@H]2[C@@H]3CCC4=Cc5c(cnn5-c5cccc(C(=O)CCC(N)=O)c5)C[C@]4(C)[C@H]3[C@@H](O)C[C@@]21C. The highest BCUT2D eigenvalue weighted by atomic mass is 32.2. The predicted molar refractivity (Wildman–Crippen MR) is 178 cm³/mol. The zero-order chi connectivity index (χ0) is 34.4. The number of aliphatic hydroxyl groups is 1. The Morgan fingerprint density at radius 2 is 2.00 bits per heavy atom. The third-order valence-corrected chi connectivity index (χ3v) is 12.6. The molecule has 4 aliphatic carbocycles. The number of nitrogens with two attached hydrogens (primary N) is 1. The number of hydrogen-bond donors (Lipinski definition) is 2. The molecular weight excluding hydrogens is 632 g/mol. The first-order valence-electron chi connectivity index (χ1n) is 16.5. The second kappa shape index (κ2) is 12.9. The molecule has 6 rings (SSSR count). The number of rotatable bonds is 10. The van der Waals surface area contributed by atoms with Crippen LogP contribution in [0.3, 0.4) is 0 Å². The maximum absolute atomic E-state index is 13.8. The van der Waals surface area contributed by atoms with Crippen molar-refractivity contribution in [3.63, 3.8) is 0 Å². The number of nitrogens with zero attached hydrogens (tertiary/aromatic N) is 3. The van der Waals surface area contributed by atoms with E-state index in [1.54, 1.807) is 18.2 Å². The van der Waals surface area contributed by atoms with Gasteiger partial charge < -0.3 is 20.3 Å². The fraction of sp³-hybridized carbons (Fsp3) is 0.556. The molecule has 1 aromatic heterocycles. The van der Waals surface area contributed by atoms with Gasteiger partial charge in [-0.3, -0.25) is 14.4 Å². The van der Waals surface area contributed by atoms with E-state index < -0.39 is 29.0 Å². The van der Waals surface area contributed by atoms with Crippen LogP contribution in [0, 0.1) is 39.9 Å². The number of nitriles is 1. The van der Waals surface area contributed by atoms with Gasteiger partial charge in [0.15, 0.2) is 11.4 Å². The van der Waals surface area contributed by atoms with E-state index in [2.05, 4.69) is 13.0 Å². The Hall–Kier alpha value is -3.79. The van der Waals surface area contributed by atoms with E-state index in [0.717, 1.165) is 41.5 Å². The lowest BCUT2D eigenvalue weighted by molar-refractivity contribution is -0.198. The molecule has 1 heterocycles. The number of aliphatic hydroxyl groups excluding tert-OH is 1. The van der Waals surface area contributed by atoms with Crippen molar-refractivity contribution in [2.24, 2.45) is 34.3 Å². The Labute approximate surface area is 284 Å². The molecule has 3 N–H and O–H groups in total. The molecule has 1 amide bonds. The van der Waals surface area contributed by atoms with E-state index >= 15 is 0 Å². The third-order valence-electron chi connectivity index (χ3n) is 11.7. The minimum Gasteiger partial charge on any atom is -0.448 e. The number of methoxy groups -OCH3 is 1. The van der Waals surface area contributed by atoms with Crippen molar-refractivity contribution in [2.75, 3.05) is 19.5 Å². The molecule has 0 radical (unpaired) electrons. The van der Waals surface area contributed by atoms with Gasteiger partial charge in [0.05, 0.1) is 35.5 Å². The number of Topliss-reactive ketones (excluding diaryl/α,β-unsaturated/α-hetero) is 1. The molecular formula is C36H42N4O7S. The van der Waals surface area contributed by atoms with Crippen molar-refractivity contribution >= 4 is 40.6 Å². The number of esters is 1. The minimum atomic E-state index is -1.45. The average molecular weight is 675 g/mol. The molecule has 7 atom stereocenters. The molecule has 0 bridgehead atoms. The molecule has 48 heavy (non-hydrogen) atoms. The van der Waals surface area contributed by atoms with Gasteiger partial charge in [-0.25, -0.2) is 9.48 Å². The van der Waals surface area contributed by atoms with Crippen molar-refractivity contribution in [2.45, 2.75) is 76.9 Å². The molecule has 11 nitrogen and oxygen atoms in total. The van der Waals surface area contributed by atoms with Gasteiger partial charge in [-0.2, -0.15) is 10.4 Å². The average Bonchev–Trinajstić information content (AvgIpc) is 3.58. The molecule has 4 aliphatic rings. The number of fused-ring (bicyclic) bond motifs is 6. The molecule has 0 spiro atoms. The lowest BCUT2D eigenvalue weighted by Crippen LogP contribution is -2.62. The number of benzene rings is 1. The van der Waals surface area contributed by atoms with E-state index in [0.29, 0.717) is 31.2 Å². The number of allylic oxidation sites excluding steroid dienone is 1. The minimum absolute atomic E-state index is 0.00462.